The molecule has 0 bridgehead atoms. The molecule has 0 spiro atoms. The minimum atomic E-state index is 0.818. The topological polar surface area (TPSA) is 0 Å². The van der Waals surface area contributed by atoms with Crippen LogP contribution in [-0.2, 0) is 0 Å². The van der Waals surface area contributed by atoms with E-state index < -0.39 is 0 Å². The first kappa shape index (κ1) is 5.76. The van der Waals surface area contributed by atoms with Gasteiger partial charge in [-0.1, -0.05) is 19.8 Å². The van der Waals surface area contributed by atoms with Crippen LogP contribution in [0.15, 0.2) is 0 Å². The van der Waals surface area contributed by atoms with Crippen molar-refractivity contribution in [2.75, 3.05) is 0 Å². The maximum absolute atomic E-state index is 2.49. The molecule has 0 saturated heterocycles. The van der Waals surface area contributed by atoms with Crippen LogP contribution in [0.1, 0.15) is 45.4 Å². The van der Waals surface area contributed by atoms with Gasteiger partial charge < -0.3 is 0 Å². The van der Waals surface area contributed by atoms with Crippen LogP contribution in [0.25, 0.3) is 0 Å². The Morgan fingerprint density at radius 3 is 1.89 bits per heavy atom. The van der Waals surface area contributed by atoms with Crippen molar-refractivity contribution in [3.63, 3.8) is 0 Å². The maximum Gasteiger partial charge on any atom is -0.0298 e. The van der Waals surface area contributed by atoms with Gasteiger partial charge in [0.05, 0.1) is 0 Å². The zero-order valence-corrected chi connectivity index (χ0v) is 6.32. The van der Waals surface area contributed by atoms with Crippen LogP contribution < -0.4 is 0 Å². The van der Waals surface area contributed by atoms with Crippen molar-refractivity contribution in [3.05, 3.63) is 0 Å². The van der Waals surface area contributed by atoms with E-state index in [0.717, 1.165) is 11.3 Å². The van der Waals surface area contributed by atoms with E-state index in [1.165, 1.54) is 38.5 Å². The molecule has 0 aromatic heterocycles. The van der Waals surface area contributed by atoms with Crippen molar-refractivity contribution >= 4 is 0 Å². The van der Waals surface area contributed by atoms with E-state index >= 15 is 0 Å². The third-order valence-corrected chi connectivity index (χ3v) is 3.59. The quantitative estimate of drug-likeness (QED) is 0.504. The SMILES string of the molecule is CC1(C2CCC2)CCC1. The minimum Gasteiger partial charge on any atom is -0.0594 e. The average Bonchev–Trinajstić information content (AvgIpc) is 1.56. The van der Waals surface area contributed by atoms with Gasteiger partial charge in [0.15, 0.2) is 0 Å². The number of hydrogen-bond donors (Lipinski definition) is 0. The molecule has 0 heterocycles. The fourth-order valence-electron chi connectivity index (χ4n) is 2.25. The summed E-state index contributed by atoms with van der Waals surface area (Å²) in [7, 11) is 0. The zero-order valence-electron chi connectivity index (χ0n) is 6.32. The predicted molar refractivity (Wildman–Crippen MR) is 39.3 cm³/mol. The second-order valence-corrected chi connectivity index (χ2v) is 4.14. The van der Waals surface area contributed by atoms with Gasteiger partial charge in [-0.15, -0.1) is 0 Å². The third kappa shape index (κ3) is 0.720. The Hall–Kier alpha value is 0. The van der Waals surface area contributed by atoms with Crippen LogP contribution in [0.5, 0.6) is 0 Å². The Morgan fingerprint density at radius 2 is 1.78 bits per heavy atom. The highest BCUT2D eigenvalue weighted by atomic mass is 14.5. The van der Waals surface area contributed by atoms with Gasteiger partial charge in [-0.25, -0.2) is 0 Å². The average molecular weight is 124 g/mol. The Labute approximate surface area is 57.6 Å². The van der Waals surface area contributed by atoms with E-state index in [1.807, 2.05) is 0 Å². The van der Waals surface area contributed by atoms with Crippen molar-refractivity contribution in [3.8, 4) is 0 Å². The largest absolute Gasteiger partial charge is 0.0594 e. The van der Waals surface area contributed by atoms with Crippen molar-refractivity contribution < 1.29 is 0 Å². The molecule has 2 aliphatic rings. The van der Waals surface area contributed by atoms with Gasteiger partial charge in [0, 0.05) is 0 Å². The summed E-state index contributed by atoms with van der Waals surface area (Å²) in [5.41, 5.74) is 0.818. The summed E-state index contributed by atoms with van der Waals surface area (Å²) in [6.45, 7) is 2.49. The first-order valence-corrected chi connectivity index (χ1v) is 4.31. The van der Waals surface area contributed by atoms with Gasteiger partial charge in [-0.05, 0) is 37.0 Å². The molecule has 0 aromatic rings. The van der Waals surface area contributed by atoms with Gasteiger partial charge in [0.1, 0.15) is 0 Å². The Bertz CT molecular complexity index is 107. The van der Waals surface area contributed by atoms with Gasteiger partial charge in [-0.2, -0.15) is 0 Å². The van der Waals surface area contributed by atoms with Crippen LogP contribution in [-0.4, -0.2) is 0 Å². The van der Waals surface area contributed by atoms with E-state index in [2.05, 4.69) is 6.92 Å². The van der Waals surface area contributed by atoms with Crippen LogP contribution >= 0.6 is 0 Å². The van der Waals surface area contributed by atoms with Crippen molar-refractivity contribution in [2.24, 2.45) is 11.3 Å². The van der Waals surface area contributed by atoms with E-state index in [0.29, 0.717) is 0 Å². The molecule has 2 rings (SSSR count). The lowest BCUT2D eigenvalue weighted by Crippen LogP contribution is -2.37. The summed E-state index contributed by atoms with van der Waals surface area (Å²) in [6.07, 6.45) is 9.15. The standard InChI is InChI=1S/C9H16/c1-9(6-3-7-9)8-4-2-5-8/h8H,2-7H2,1H3. The molecule has 2 aliphatic carbocycles. The van der Waals surface area contributed by atoms with Crippen LogP contribution in [0.2, 0.25) is 0 Å². The van der Waals surface area contributed by atoms with Gasteiger partial charge in [-0.3, -0.25) is 0 Å². The van der Waals surface area contributed by atoms with Crippen LogP contribution in [0.4, 0.5) is 0 Å². The molecule has 0 aromatic carbocycles. The highest BCUT2D eigenvalue weighted by Crippen LogP contribution is 2.53. The summed E-state index contributed by atoms with van der Waals surface area (Å²) in [6, 6.07) is 0. The lowest BCUT2D eigenvalue weighted by atomic mass is 9.56. The van der Waals surface area contributed by atoms with E-state index in [-0.39, 0.29) is 0 Å². The smallest absolute Gasteiger partial charge is 0.0298 e. The molecule has 0 nitrogen and oxygen atoms in total. The second-order valence-electron chi connectivity index (χ2n) is 4.14. The molecular formula is C9H16. The first-order chi connectivity index (χ1) is 4.31. The molecule has 0 radical (unpaired) electrons. The molecular weight excluding hydrogens is 108 g/mol. The molecule has 0 unspecified atom stereocenters. The first-order valence-electron chi connectivity index (χ1n) is 4.31. The molecule has 2 fully saturated rings. The van der Waals surface area contributed by atoms with Gasteiger partial charge >= 0.3 is 0 Å². The Morgan fingerprint density at radius 1 is 1.11 bits per heavy atom. The fourth-order valence-corrected chi connectivity index (χ4v) is 2.25. The monoisotopic (exact) mass is 124 g/mol. The summed E-state index contributed by atoms with van der Waals surface area (Å²) >= 11 is 0. The van der Waals surface area contributed by atoms with Crippen molar-refractivity contribution in [1.82, 2.24) is 0 Å². The lowest BCUT2D eigenvalue weighted by Gasteiger charge is -2.49. The summed E-state index contributed by atoms with van der Waals surface area (Å²) < 4.78 is 0. The third-order valence-electron chi connectivity index (χ3n) is 3.59. The Balaban J connectivity index is 1.94. The Kier molecular flexibility index (Phi) is 1.12. The molecule has 9 heavy (non-hydrogen) atoms. The lowest BCUT2D eigenvalue weighted by molar-refractivity contribution is 0.0212. The predicted octanol–water partition coefficient (Wildman–Crippen LogP) is 2.98. The van der Waals surface area contributed by atoms with E-state index in [4.69, 9.17) is 0 Å². The minimum absolute atomic E-state index is 0.818. The van der Waals surface area contributed by atoms with Crippen molar-refractivity contribution in [1.29, 1.82) is 0 Å². The summed E-state index contributed by atoms with van der Waals surface area (Å²) in [5, 5.41) is 0. The highest BCUT2D eigenvalue weighted by molar-refractivity contribution is 4.92. The molecule has 0 N–H and O–H groups in total. The van der Waals surface area contributed by atoms with Gasteiger partial charge in [0.2, 0.25) is 0 Å². The summed E-state index contributed by atoms with van der Waals surface area (Å²) in [5.74, 6) is 1.13. The van der Waals surface area contributed by atoms with E-state index in [9.17, 15) is 0 Å². The molecule has 52 valence electrons. The molecule has 0 heteroatoms. The van der Waals surface area contributed by atoms with Gasteiger partial charge in [0.25, 0.3) is 0 Å². The number of hydrogen-bond acceptors (Lipinski definition) is 0. The number of rotatable bonds is 1. The molecule has 0 aliphatic heterocycles. The second kappa shape index (κ2) is 1.74. The highest BCUT2D eigenvalue weighted by Gasteiger charge is 2.41. The maximum atomic E-state index is 2.49. The molecule has 2 saturated carbocycles. The van der Waals surface area contributed by atoms with Crippen LogP contribution in [0, 0.1) is 11.3 Å². The van der Waals surface area contributed by atoms with E-state index in [1.54, 1.807) is 0 Å². The van der Waals surface area contributed by atoms with Crippen molar-refractivity contribution in [2.45, 2.75) is 45.4 Å². The molecule has 0 amide bonds. The summed E-state index contributed by atoms with van der Waals surface area (Å²) in [4.78, 5) is 0. The fraction of sp³-hybridized carbons (Fsp3) is 1.00. The van der Waals surface area contributed by atoms with Crippen LogP contribution in [0.3, 0.4) is 0 Å². The molecule has 0 atom stereocenters. The normalized spacial score (nSPS) is 33.0. The zero-order chi connectivity index (χ0) is 6.32.